The minimum Gasteiger partial charge on any atom is -0.496 e. The molecule has 0 aliphatic rings. The first-order valence-corrected chi connectivity index (χ1v) is 7.75. The number of thiophene rings is 1. The molecule has 0 N–H and O–H groups in total. The number of ketones is 1. The maximum Gasteiger partial charge on any atom is 0.169 e. The van der Waals surface area contributed by atoms with E-state index in [9.17, 15) is 4.79 Å². The summed E-state index contributed by atoms with van der Waals surface area (Å²) >= 11 is 3.80. The Balaban J connectivity index is 2.27. The second-order valence-electron chi connectivity index (χ2n) is 4.29. The molecule has 0 unspecified atom stereocenters. The molecule has 0 radical (unpaired) electrons. The van der Waals surface area contributed by atoms with Crippen molar-refractivity contribution in [3.8, 4) is 5.75 Å². The highest BCUT2D eigenvalue weighted by atomic mass is 127. The Bertz CT molecular complexity index is 622. The van der Waals surface area contributed by atoms with Crippen molar-refractivity contribution in [3.63, 3.8) is 0 Å². The second kappa shape index (κ2) is 6.00. The smallest absolute Gasteiger partial charge is 0.169 e. The van der Waals surface area contributed by atoms with Crippen LogP contribution in [0.3, 0.4) is 0 Å². The van der Waals surface area contributed by atoms with Crippen LogP contribution in [0.15, 0.2) is 17.6 Å². The predicted octanol–water partition coefficient (Wildman–Crippen LogP) is 3.80. The number of hydrogen-bond acceptors (Lipinski definition) is 4. The van der Waals surface area contributed by atoms with E-state index >= 15 is 0 Å². The van der Waals surface area contributed by atoms with Crippen molar-refractivity contribution in [2.45, 2.75) is 20.3 Å². The third kappa shape index (κ3) is 3.14. The standard InChI is InChI=1S/C14H14INO2S/c1-8-6-16-11(9(2)14(8)18-3)5-12(17)10-4-13(15)19-7-10/h4,6-7H,5H2,1-3H3. The molecular formula is C14H14INO2S. The van der Waals surface area contributed by atoms with Crippen molar-refractivity contribution < 1.29 is 9.53 Å². The third-order valence-electron chi connectivity index (χ3n) is 2.97. The molecule has 0 fully saturated rings. The summed E-state index contributed by atoms with van der Waals surface area (Å²) in [5, 5.41) is 1.89. The fourth-order valence-electron chi connectivity index (χ4n) is 1.96. The Labute approximate surface area is 130 Å². The summed E-state index contributed by atoms with van der Waals surface area (Å²) in [7, 11) is 1.64. The van der Waals surface area contributed by atoms with Gasteiger partial charge in [0.05, 0.1) is 22.1 Å². The average molecular weight is 387 g/mol. The number of aryl methyl sites for hydroxylation is 1. The average Bonchev–Trinajstić information content (AvgIpc) is 2.80. The predicted molar refractivity (Wildman–Crippen MR) is 85.3 cm³/mol. The normalized spacial score (nSPS) is 10.5. The highest BCUT2D eigenvalue weighted by molar-refractivity contribution is 14.1. The number of ether oxygens (including phenoxy) is 1. The number of halogens is 1. The molecule has 3 nitrogen and oxygen atoms in total. The van der Waals surface area contributed by atoms with Crippen LogP contribution >= 0.6 is 33.9 Å². The number of aromatic nitrogens is 1. The molecule has 0 spiro atoms. The molecule has 0 atom stereocenters. The van der Waals surface area contributed by atoms with Gasteiger partial charge in [0.2, 0.25) is 0 Å². The van der Waals surface area contributed by atoms with Gasteiger partial charge in [0.1, 0.15) is 5.75 Å². The summed E-state index contributed by atoms with van der Waals surface area (Å²) in [6.45, 7) is 3.89. The van der Waals surface area contributed by atoms with Crippen molar-refractivity contribution in [3.05, 3.63) is 42.9 Å². The fourth-order valence-corrected chi connectivity index (χ4v) is 3.31. The van der Waals surface area contributed by atoms with Crippen molar-refractivity contribution in [1.29, 1.82) is 0 Å². The molecule has 2 aromatic rings. The van der Waals surface area contributed by atoms with Crippen LogP contribution in [0.4, 0.5) is 0 Å². The number of carbonyl (C=O) groups excluding carboxylic acids is 1. The van der Waals surface area contributed by atoms with E-state index in [1.54, 1.807) is 24.6 Å². The zero-order valence-corrected chi connectivity index (χ0v) is 14.0. The van der Waals surface area contributed by atoms with Crippen molar-refractivity contribution in [2.24, 2.45) is 0 Å². The van der Waals surface area contributed by atoms with E-state index < -0.39 is 0 Å². The molecule has 5 heteroatoms. The highest BCUT2D eigenvalue weighted by Gasteiger charge is 2.15. The Hall–Kier alpha value is -0.950. The van der Waals surface area contributed by atoms with Crippen molar-refractivity contribution in [2.75, 3.05) is 7.11 Å². The van der Waals surface area contributed by atoms with Gasteiger partial charge in [0.15, 0.2) is 5.78 Å². The molecule has 2 heterocycles. The van der Waals surface area contributed by atoms with Gasteiger partial charge in [-0.15, -0.1) is 11.3 Å². The van der Waals surface area contributed by atoms with Crippen LogP contribution in [0.5, 0.6) is 5.75 Å². The molecule has 0 bridgehead atoms. The van der Waals surface area contributed by atoms with Crippen LogP contribution in [-0.4, -0.2) is 17.9 Å². The number of nitrogens with zero attached hydrogens (tertiary/aromatic N) is 1. The Morgan fingerprint density at radius 2 is 2.21 bits per heavy atom. The van der Waals surface area contributed by atoms with E-state index in [-0.39, 0.29) is 5.78 Å². The van der Waals surface area contributed by atoms with Gasteiger partial charge in [-0.2, -0.15) is 0 Å². The van der Waals surface area contributed by atoms with Crippen LogP contribution in [0, 0.1) is 16.7 Å². The van der Waals surface area contributed by atoms with Gasteiger partial charge in [-0.25, -0.2) is 0 Å². The summed E-state index contributed by atoms with van der Waals surface area (Å²) < 4.78 is 6.48. The number of hydrogen-bond donors (Lipinski definition) is 0. The van der Waals surface area contributed by atoms with Crippen LogP contribution in [0.25, 0.3) is 0 Å². The lowest BCUT2D eigenvalue weighted by Crippen LogP contribution is -2.07. The van der Waals surface area contributed by atoms with Crippen LogP contribution < -0.4 is 4.74 Å². The van der Waals surface area contributed by atoms with Crippen molar-refractivity contribution >= 4 is 39.7 Å². The lowest BCUT2D eigenvalue weighted by atomic mass is 10.0. The first kappa shape index (κ1) is 14.5. The number of Topliss-reactive ketones (excluding diaryl/α,β-unsaturated/α-hetero) is 1. The fraction of sp³-hybridized carbons (Fsp3) is 0.286. The molecule has 0 aliphatic carbocycles. The summed E-state index contributed by atoms with van der Waals surface area (Å²) in [6, 6.07) is 1.91. The minimum absolute atomic E-state index is 0.0978. The molecular weight excluding hydrogens is 373 g/mol. The summed E-state index contributed by atoms with van der Waals surface area (Å²) in [6.07, 6.45) is 2.07. The van der Waals surface area contributed by atoms with Crippen molar-refractivity contribution in [1.82, 2.24) is 4.98 Å². The third-order valence-corrected chi connectivity index (χ3v) is 4.76. The maximum atomic E-state index is 12.2. The zero-order valence-electron chi connectivity index (χ0n) is 11.0. The Morgan fingerprint density at radius 1 is 1.47 bits per heavy atom. The quantitative estimate of drug-likeness (QED) is 0.592. The van der Waals surface area contributed by atoms with Gasteiger partial charge < -0.3 is 4.74 Å². The summed E-state index contributed by atoms with van der Waals surface area (Å²) in [5.74, 6) is 0.915. The monoisotopic (exact) mass is 387 g/mol. The Kier molecular flexibility index (Phi) is 4.57. The van der Waals surface area contributed by atoms with Gasteiger partial charge in [-0.3, -0.25) is 9.78 Å². The molecule has 19 heavy (non-hydrogen) atoms. The summed E-state index contributed by atoms with van der Waals surface area (Å²) in [5.41, 5.74) is 3.48. The van der Waals surface area contributed by atoms with Gasteiger partial charge in [0.25, 0.3) is 0 Å². The van der Waals surface area contributed by atoms with Crippen LogP contribution in [0.2, 0.25) is 0 Å². The first-order valence-electron chi connectivity index (χ1n) is 5.79. The van der Waals surface area contributed by atoms with Gasteiger partial charge >= 0.3 is 0 Å². The van der Waals surface area contributed by atoms with E-state index in [4.69, 9.17) is 4.74 Å². The maximum absolute atomic E-state index is 12.2. The molecule has 0 amide bonds. The molecule has 0 aliphatic heterocycles. The largest absolute Gasteiger partial charge is 0.496 e. The number of pyridine rings is 1. The molecule has 0 saturated heterocycles. The molecule has 0 saturated carbocycles. The minimum atomic E-state index is 0.0978. The van der Waals surface area contributed by atoms with E-state index in [1.807, 2.05) is 25.3 Å². The zero-order chi connectivity index (χ0) is 14.0. The van der Waals surface area contributed by atoms with E-state index in [1.165, 1.54) is 0 Å². The highest BCUT2D eigenvalue weighted by Crippen LogP contribution is 2.25. The number of carbonyl (C=O) groups is 1. The lowest BCUT2D eigenvalue weighted by Gasteiger charge is -2.11. The first-order chi connectivity index (χ1) is 9.02. The molecule has 0 aromatic carbocycles. The van der Waals surface area contributed by atoms with Crippen LogP contribution in [-0.2, 0) is 6.42 Å². The summed E-state index contributed by atoms with van der Waals surface area (Å²) in [4.78, 5) is 16.5. The van der Waals surface area contributed by atoms with Gasteiger partial charge in [0, 0.05) is 28.3 Å². The second-order valence-corrected chi connectivity index (χ2v) is 7.09. The van der Waals surface area contributed by atoms with E-state index in [0.29, 0.717) is 6.42 Å². The van der Waals surface area contributed by atoms with E-state index in [0.717, 1.165) is 31.0 Å². The lowest BCUT2D eigenvalue weighted by molar-refractivity contribution is 0.0992. The SMILES string of the molecule is COc1c(C)cnc(CC(=O)c2csc(I)c2)c1C. The number of rotatable bonds is 4. The molecule has 2 aromatic heterocycles. The van der Waals surface area contributed by atoms with Gasteiger partial charge in [-0.05, 0) is 42.5 Å². The molecule has 2 rings (SSSR count). The molecule has 100 valence electrons. The Morgan fingerprint density at radius 3 is 2.79 bits per heavy atom. The van der Waals surface area contributed by atoms with Crippen LogP contribution in [0.1, 0.15) is 27.2 Å². The number of methoxy groups -OCH3 is 1. The topological polar surface area (TPSA) is 39.2 Å². The van der Waals surface area contributed by atoms with Gasteiger partial charge in [-0.1, -0.05) is 0 Å². The van der Waals surface area contributed by atoms with E-state index in [2.05, 4.69) is 27.6 Å².